The quantitative estimate of drug-likeness (QED) is 0.493. The summed E-state index contributed by atoms with van der Waals surface area (Å²) in [6, 6.07) is 9.63. The van der Waals surface area contributed by atoms with E-state index in [4.69, 9.17) is 5.73 Å². The summed E-state index contributed by atoms with van der Waals surface area (Å²) in [5.41, 5.74) is 9.72. The molecule has 28 heavy (non-hydrogen) atoms. The standard InChI is InChI=1S/C20H19N5O2S/c21-19-14-4-5-25(20(14)23-10-22-19)16-7-15(17(26)18(16)27)12-3-1-2-11(6-12)13-8-24-28-9-13/h1-6,8-10,15-18,26-27H,7H2,(H2,21,22,23)/t15-,16-,17-,18+/m1/s1. The molecule has 0 bridgehead atoms. The van der Waals surface area contributed by atoms with Gasteiger partial charge >= 0.3 is 0 Å². The average molecular weight is 393 g/mol. The van der Waals surface area contributed by atoms with Crippen LogP contribution in [0.2, 0.25) is 0 Å². The minimum atomic E-state index is -0.900. The van der Waals surface area contributed by atoms with Crippen LogP contribution in [0.1, 0.15) is 23.9 Å². The zero-order chi connectivity index (χ0) is 19.3. The summed E-state index contributed by atoms with van der Waals surface area (Å²) in [5, 5.41) is 24.3. The second kappa shape index (κ2) is 6.66. The van der Waals surface area contributed by atoms with E-state index in [1.54, 1.807) is 0 Å². The molecule has 3 heterocycles. The van der Waals surface area contributed by atoms with Gasteiger partial charge in [0.25, 0.3) is 0 Å². The van der Waals surface area contributed by atoms with Gasteiger partial charge in [0.2, 0.25) is 0 Å². The van der Waals surface area contributed by atoms with E-state index >= 15 is 0 Å². The van der Waals surface area contributed by atoms with E-state index in [9.17, 15) is 10.2 Å². The molecule has 0 radical (unpaired) electrons. The van der Waals surface area contributed by atoms with E-state index in [0.29, 0.717) is 17.9 Å². The number of aromatic nitrogens is 4. The second-order valence-electron chi connectivity index (χ2n) is 7.15. The van der Waals surface area contributed by atoms with Gasteiger partial charge in [0.15, 0.2) is 0 Å². The van der Waals surface area contributed by atoms with Crippen LogP contribution >= 0.6 is 11.5 Å². The Kier molecular flexibility index (Phi) is 4.12. The fourth-order valence-corrected chi connectivity index (χ4v) is 4.72. The second-order valence-corrected chi connectivity index (χ2v) is 7.81. The van der Waals surface area contributed by atoms with Crippen molar-refractivity contribution in [2.45, 2.75) is 30.6 Å². The van der Waals surface area contributed by atoms with Gasteiger partial charge in [0.1, 0.15) is 23.9 Å². The van der Waals surface area contributed by atoms with Crippen LogP contribution in [0.25, 0.3) is 22.2 Å². The molecule has 4 N–H and O–H groups in total. The molecule has 1 aliphatic rings. The van der Waals surface area contributed by atoms with E-state index in [1.807, 2.05) is 46.6 Å². The minimum absolute atomic E-state index is 0.178. The number of aliphatic hydroxyl groups excluding tert-OH is 2. The van der Waals surface area contributed by atoms with Gasteiger partial charge in [0.05, 0.1) is 17.5 Å². The predicted octanol–water partition coefficient (Wildman–Crippen LogP) is 2.59. The van der Waals surface area contributed by atoms with Crippen LogP contribution in [0.15, 0.2) is 54.4 Å². The summed E-state index contributed by atoms with van der Waals surface area (Å²) >= 11 is 1.41. The first-order chi connectivity index (χ1) is 13.6. The number of hydrogen-bond acceptors (Lipinski definition) is 7. The maximum atomic E-state index is 10.8. The highest BCUT2D eigenvalue weighted by atomic mass is 32.1. The van der Waals surface area contributed by atoms with Crippen LogP contribution in [0.5, 0.6) is 0 Å². The summed E-state index contributed by atoms with van der Waals surface area (Å²) in [6.45, 7) is 0. The first-order valence-corrected chi connectivity index (χ1v) is 9.90. The number of anilines is 1. The van der Waals surface area contributed by atoms with E-state index < -0.39 is 12.2 Å². The Labute approximate surface area is 165 Å². The molecule has 0 spiro atoms. The summed E-state index contributed by atoms with van der Waals surface area (Å²) in [5.74, 6) is 0.230. The lowest BCUT2D eigenvalue weighted by molar-refractivity contribution is 0.0179. The Morgan fingerprint density at radius 2 is 2.00 bits per heavy atom. The van der Waals surface area contributed by atoms with Gasteiger partial charge in [-0.1, -0.05) is 24.3 Å². The molecule has 0 aliphatic heterocycles. The molecule has 1 aliphatic carbocycles. The Morgan fingerprint density at radius 1 is 1.11 bits per heavy atom. The van der Waals surface area contributed by atoms with E-state index in [2.05, 4.69) is 20.4 Å². The van der Waals surface area contributed by atoms with Gasteiger partial charge in [0, 0.05) is 29.3 Å². The monoisotopic (exact) mass is 393 g/mol. The molecule has 5 rings (SSSR count). The minimum Gasteiger partial charge on any atom is -0.390 e. The Morgan fingerprint density at radius 3 is 2.82 bits per heavy atom. The van der Waals surface area contributed by atoms with Crippen LogP contribution in [-0.2, 0) is 0 Å². The number of nitrogens with two attached hydrogens (primary N) is 1. The molecule has 4 atom stereocenters. The SMILES string of the molecule is Nc1ncnc2c1ccn2[C@@H]1C[C@H](c2cccc(-c3cnsc3)c2)[C@@H](O)[C@H]1O. The lowest BCUT2D eigenvalue weighted by Crippen LogP contribution is -2.28. The molecule has 0 unspecified atom stereocenters. The highest BCUT2D eigenvalue weighted by molar-refractivity contribution is 7.03. The number of rotatable bonds is 3. The van der Waals surface area contributed by atoms with E-state index in [0.717, 1.165) is 22.1 Å². The van der Waals surface area contributed by atoms with Crippen molar-refractivity contribution in [2.75, 3.05) is 5.73 Å². The lowest BCUT2D eigenvalue weighted by atomic mass is 9.93. The number of hydrogen-bond donors (Lipinski definition) is 3. The van der Waals surface area contributed by atoms with Crippen molar-refractivity contribution in [3.05, 3.63) is 60.0 Å². The van der Waals surface area contributed by atoms with Crippen molar-refractivity contribution in [3.8, 4) is 11.1 Å². The molecule has 1 saturated carbocycles. The summed E-state index contributed by atoms with van der Waals surface area (Å²) in [7, 11) is 0. The van der Waals surface area contributed by atoms with Gasteiger partial charge in [-0.2, -0.15) is 0 Å². The third-order valence-corrected chi connectivity index (χ3v) is 6.22. The molecular weight excluding hydrogens is 374 g/mol. The van der Waals surface area contributed by atoms with E-state index in [1.165, 1.54) is 17.9 Å². The number of nitrogens with zero attached hydrogens (tertiary/aromatic N) is 4. The summed E-state index contributed by atoms with van der Waals surface area (Å²) in [6.07, 6.45) is 3.94. The maximum Gasteiger partial charge on any atom is 0.145 e. The average Bonchev–Trinajstić information content (AvgIpc) is 3.44. The smallest absolute Gasteiger partial charge is 0.145 e. The Balaban J connectivity index is 1.50. The number of aliphatic hydroxyl groups is 2. The van der Waals surface area contributed by atoms with Crippen molar-refractivity contribution >= 4 is 28.4 Å². The molecule has 1 aromatic carbocycles. The predicted molar refractivity (Wildman–Crippen MR) is 108 cm³/mol. The van der Waals surface area contributed by atoms with Crippen LogP contribution in [-0.4, -0.2) is 41.3 Å². The Hall–Kier alpha value is -2.81. The van der Waals surface area contributed by atoms with Gasteiger partial charge < -0.3 is 20.5 Å². The first-order valence-electron chi connectivity index (χ1n) is 9.06. The van der Waals surface area contributed by atoms with Gasteiger partial charge in [-0.05, 0) is 35.1 Å². The molecular formula is C20H19N5O2S. The highest BCUT2D eigenvalue weighted by Crippen LogP contribution is 2.43. The first kappa shape index (κ1) is 17.3. The number of fused-ring (bicyclic) bond motifs is 1. The fourth-order valence-electron chi connectivity index (χ4n) is 4.17. The largest absolute Gasteiger partial charge is 0.390 e. The van der Waals surface area contributed by atoms with Crippen LogP contribution in [0, 0.1) is 0 Å². The van der Waals surface area contributed by atoms with Gasteiger partial charge in [-0.25, -0.2) is 14.3 Å². The van der Waals surface area contributed by atoms with E-state index in [-0.39, 0.29) is 12.0 Å². The number of benzene rings is 1. The molecule has 8 heteroatoms. The maximum absolute atomic E-state index is 10.8. The molecule has 7 nitrogen and oxygen atoms in total. The third kappa shape index (κ3) is 2.69. The molecule has 4 aromatic rings. The molecule has 3 aromatic heterocycles. The van der Waals surface area contributed by atoms with Crippen LogP contribution in [0.3, 0.4) is 0 Å². The molecule has 1 fully saturated rings. The van der Waals surface area contributed by atoms with Gasteiger partial charge in [-0.15, -0.1) is 0 Å². The third-order valence-electron chi connectivity index (χ3n) is 5.63. The topological polar surface area (TPSA) is 110 Å². The van der Waals surface area contributed by atoms with Crippen LogP contribution in [0.4, 0.5) is 5.82 Å². The molecule has 142 valence electrons. The summed E-state index contributed by atoms with van der Waals surface area (Å²) in [4.78, 5) is 8.34. The number of nitrogen functional groups attached to an aromatic ring is 1. The van der Waals surface area contributed by atoms with Crippen molar-refractivity contribution in [2.24, 2.45) is 0 Å². The van der Waals surface area contributed by atoms with Crippen molar-refractivity contribution in [1.82, 2.24) is 18.9 Å². The van der Waals surface area contributed by atoms with Crippen molar-refractivity contribution in [3.63, 3.8) is 0 Å². The lowest BCUT2D eigenvalue weighted by Gasteiger charge is -2.19. The van der Waals surface area contributed by atoms with Crippen LogP contribution < -0.4 is 5.73 Å². The molecule has 0 amide bonds. The van der Waals surface area contributed by atoms with Crippen molar-refractivity contribution in [1.29, 1.82) is 0 Å². The summed E-state index contributed by atoms with van der Waals surface area (Å²) < 4.78 is 6.06. The molecule has 0 saturated heterocycles. The zero-order valence-electron chi connectivity index (χ0n) is 14.9. The Bertz CT molecular complexity index is 1130. The van der Waals surface area contributed by atoms with Crippen molar-refractivity contribution < 1.29 is 10.2 Å². The van der Waals surface area contributed by atoms with Gasteiger partial charge in [-0.3, -0.25) is 0 Å². The zero-order valence-corrected chi connectivity index (χ0v) is 15.7. The highest BCUT2D eigenvalue weighted by Gasteiger charge is 2.43. The fraction of sp³-hybridized carbons (Fsp3) is 0.250. The normalized spacial score (nSPS) is 24.8.